The zero-order valence-corrected chi connectivity index (χ0v) is 20.1. The van der Waals surface area contributed by atoms with E-state index in [-0.39, 0.29) is 11.7 Å². The van der Waals surface area contributed by atoms with Crippen LogP contribution in [0.5, 0.6) is 0 Å². The number of fused-ring (bicyclic) bond motifs is 6. The maximum atomic E-state index is 10.3. The molecule has 0 bridgehead atoms. The Kier molecular flexibility index (Phi) is 4.85. The number of hydrogen-bond donors (Lipinski definition) is 2. The molecule has 2 saturated carbocycles. The van der Waals surface area contributed by atoms with E-state index in [4.69, 9.17) is 4.74 Å². The van der Waals surface area contributed by atoms with Crippen molar-refractivity contribution in [1.82, 2.24) is 5.32 Å². The zero-order valence-electron chi connectivity index (χ0n) is 20.1. The molecule has 2 aliphatic heterocycles. The SMILES string of the molecule is CC1=C2C[C@H]3C(CC=C4C[C@@H](O)CCC43C)[C@@H]2CC[C@@]2(C1)O[C@@H]1C[C@H](C)CNC1[C@H]2C. The van der Waals surface area contributed by atoms with Crippen molar-refractivity contribution in [3.63, 3.8) is 0 Å². The van der Waals surface area contributed by atoms with Crippen LogP contribution in [0.15, 0.2) is 22.8 Å². The molecule has 0 aromatic heterocycles. The molecular weight excluding hydrogens is 382 g/mol. The lowest BCUT2D eigenvalue weighted by molar-refractivity contribution is -0.0720. The maximum absolute atomic E-state index is 10.3. The summed E-state index contributed by atoms with van der Waals surface area (Å²) in [5.41, 5.74) is 5.43. The molecule has 4 fully saturated rings. The van der Waals surface area contributed by atoms with Crippen molar-refractivity contribution in [1.29, 1.82) is 0 Å². The molecule has 3 unspecified atom stereocenters. The molecule has 0 aromatic carbocycles. The fourth-order valence-electron chi connectivity index (χ4n) is 9.21. The van der Waals surface area contributed by atoms with Gasteiger partial charge in [0.05, 0.1) is 17.8 Å². The Labute approximate surface area is 189 Å². The van der Waals surface area contributed by atoms with Crippen LogP contribution < -0.4 is 5.32 Å². The summed E-state index contributed by atoms with van der Waals surface area (Å²) in [6.45, 7) is 11.0. The van der Waals surface area contributed by atoms with Gasteiger partial charge in [-0.25, -0.2) is 0 Å². The van der Waals surface area contributed by atoms with Crippen LogP contribution in [-0.2, 0) is 4.74 Å². The van der Waals surface area contributed by atoms with Crippen molar-refractivity contribution >= 4 is 0 Å². The third-order valence-electron chi connectivity index (χ3n) is 11.0. The Morgan fingerprint density at radius 1 is 1.16 bits per heavy atom. The summed E-state index contributed by atoms with van der Waals surface area (Å²) in [5.74, 6) is 3.69. The van der Waals surface area contributed by atoms with Crippen LogP contribution in [0.3, 0.4) is 0 Å². The minimum absolute atomic E-state index is 0.0534. The standard InChI is InChI=1S/C28H43NO2/c1-16-11-25-26(29-15-16)18(3)28(31-25)10-8-21-22-6-5-19-12-20(30)7-9-27(19,4)24(22)13-23(21)17(2)14-28/h5,16,18,20-22,24-26,29-30H,6-15H2,1-4H3/t16-,18+,20-,21-,22?,24-,25+,26?,27?,28-/m0/s1. The molecule has 0 amide bonds. The lowest BCUT2D eigenvalue weighted by Crippen LogP contribution is -2.48. The largest absolute Gasteiger partial charge is 0.393 e. The molecule has 2 heterocycles. The summed E-state index contributed by atoms with van der Waals surface area (Å²) >= 11 is 0. The summed E-state index contributed by atoms with van der Waals surface area (Å²) in [7, 11) is 0. The molecule has 3 nitrogen and oxygen atoms in total. The molecule has 31 heavy (non-hydrogen) atoms. The van der Waals surface area contributed by atoms with E-state index >= 15 is 0 Å². The molecule has 0 radical (unpaired) electrons. The Balaban J connectivity index is 1.28. The summed E-state index contributed by atoms with van der Waals surface area (Å²) in [6, 6.07) is 0.549. The van der Waals surface area contributed by atoms with Gasteiger partial charge in [0.1, 0.15) is 0 Å². The molecular formula is C28H43NO2. The Bertz CT molecular complexity index is 816. The quantitative estimate of drug-likeness (QED) is 0.511. The van der Waals surface area contributed by atoms with Crippen LogP contribution in [-0.4, -0.2) is 35.5 Å². The third kappa shape index (κ3) is 3.02. The number of piperidine rings is 1. The van der Waals surface area contributed by atoms with Gasteiger partial charge in [0.2, 0.25) is 0 Å². The predicted octanol–water partition coefficient (Wildman–Crippen LogP) is 5.39. The molecule has 6 aliphatic rings. The van der Waals surface area contributed by atoms with E-state index in [9.17, 15) is 5.11 Å². The molecule has 6 rings (SSSR count). The zero-order chi connectivity index (χ0) is 21.5. The molecule has 4 aliphatic carbocycles. The number of hydrogen-bond acceptors (Lipinski definition) is 3. The van der Waals surface area contributed by atoms with Gasteiger partial charge in [-0.2, -0.15) is 0 Å². The van der Waals surface area contributed by atoms with E-state index in [1.165, 1.54) is 38.5 Å². The number of aliphatic hydroxyl groups excluding tert-OH is 1. The smallest absolute Gasteiger partial charge is 0.0765 e. The lowest BCUT2D eigenvalue weighted by atomic mass is 9.56. The highest BCUT2D eigenvalue weighted by Crippen LogP contribution is 2.63. The fourth-order valence-corrected chi connectivity index (χ4v) is 9.21. The van der Waals surface area contributed by atoms with E-state index in [0.717, 1.165) is 49.5 Å². The van der Waals surface area contributed by atoms with E-state index in [2.05, 4.69) is 39.1 Å². The van der Waals surface area contributed by atoms with Gasteiger partial charge in [-0.05, 0) is 100 Å². The van der Waals surface area contributed by atoms with Gasteiger partial charge in [-0.3, -0.25) is 0 Å². The van der Waals surface area contributed by atoms with E-state index in [1.54, 1.807) is 16.7 Å². The highest BCUT2D eigenvalue weighted by molar-refractivity contribution is 5.33. The van der Waals surface area contributed by atoms with Gasteiger partial charge in [0, 0.05) is 12.0 Å². The number of rotatable bonds is 0. The monoisotopic (exact) mass is 425 g/mol. The molecule has 1 spiro atoms. The van der Waals surface area contributed by atoms with Crippen molar-refractivity contribution in [2.45, 2.75) is 109 Å². The maximum Gasteiger partial charge on any atom is 0.0765 e. The van der Waals surface area contributed by atoms with Crippen LogP contribution in [0.25, 0.3) is 0 Å². The minimum Gasteiger partial charge on any atom is -0.393 e. The Hall–Kier alpha value is -0.640. The average molecular weight is 426 g/mol. The number of aliphatic hydroxyl groups is 1. The first-order chi connectivity index (χ1) is 14.8. The molecule has 0 aromatic rings. The van der Waals surface area contributed by atoms with Crippen molar-refractivity contribution < 1.29 is 9.84 Å². The van der Waals surface area contributed by atoms with Gasteiger partial charge in [-0.15, -0.1) is 0 Å². The normalized spacial score (nSPS) is 54.0. The van der Waals surface area contributed by atoms with Crippen LogP contribution >= 0.6 is 0 Å². The molecule has 172 valence electrons. The van der Waals surface area contributed by atoms with Crippen molar-refractivity contribution in [3.05, 3.63) is 22.8 Å². The van der Waals surface area contributed by atoms with Crippen molar-refractivity contribution in [3.8, 4) is 0 Å². The second-order valence-electron chi connectivity index (χ2n) is 12.7. The number of nitrogens with one attached hydrogen (secondary N) is 1. The third-order valence-corrected chi connectivity index (χ3v) is 11.0. The van der Waals surface area contributed by atoms with Crippen LogP contribution in [0.2, 0.25) is 0 Å². The van der Waals surface area contributed by atoms with Crippen LogP contribution in [0, 0.1) is 35.0 Å². The van der Waals surface area contributed by atoms with E-state index in [1.807, 2.05) is 0 Å². The number of ether oxygens (including phenoxy) is 1. The van der Waals surface area contributed by atoms with E-state index in [0.29, 0.717) is 23.5 Å². The first-order valence-corrected chi connectivity index (χ1v) is 13.3. The number of allylic oxidation sites excluding steroid dienone is 2. The van der Waals surface area contributed by atoms with E-state index < -0.39 is 0 Å². The molecule has 3 heteroatoms. The van der Waals surface area contributed by atoms with Gasteiger partial charge in [0.15, 0.2) is 0 Å². The van der Waals surface area contributed by atoms with Crippen LogP contribution in [0.1, 0.15) is 85.5 Å². The lowest BCUT2D eigenvalue weighted by Gasteiger charge is -2.49. The topological polar surface area (TPSA) is 41.5 Å². The Morgan fingerprint density at radius 2 is 2.00 bits per heavy atom. The van der Waals surface area contributed by atoms with Gasteiger partial charge in [-0.1, -0.05) is 43.6 Å². The predicted molar refractivity (Wildman–Crippen MR) is 125 cm³/mol. The highest BCUT2D eigenvalue weighted by Gasteiger charge is 2.58. The summed E-state index contributed by atoms with van der Waals surface area (Å²) in [6.07, 6.45) is 13.4. The highest BCUT2D eigenvalue weighted by atomic mass is 16.5. The fraction of sp³-hybridized carbons (Fsp3) is 0.857. The summed E-state index contributed by atoms with van der Waals surface area (Å²) < 4.78 is 7.01. The first kappa shape index (κ1) is 20.9. The molecule has 10 atom stereocenters. The van der Waals surface area contributed by atoms with Crippen molar-refractivity contribution in [2.24, 2.45) is 35.0 Å². The van der Waals surface area contributed by atoms with Crippen LogP contribution in [0.4, 0.5) is 0 Å². The summed E-state index contributed by atoms with van der Waals surface area (Å²) in [5, 5.41) is 14.1. The second-order valence-corrected chi connectivity index (χ2v) is 12.7. The van der Waals surface area contributed by atoms with Gasteiger partial charge in [0.25, 0.3) is 0 Å². The average Bonchev–Trinajstić information content (AvgIpc) is 3.19. The van der Waals surface area contributed by atoms with Gasteiger partial charge >= 0.3 is 0 Å². The van der Waals surface area contributed by atoms with Crippen molar-refractivity contribution in [2.75, 3.05) is 6.54 Å². The van der Waals surface area contributed by atoms with Gasteiger partial charge < -0.3 is 15.2 Å². The molecule has 2 N–H and O–H groups in total. The first-order valence-electron chi connectivity index (χ1n) is 13.3. The Morgan fingerprint density at radius 3 is 2.84 bits per heavy atom. The second kappa shape index (κ2) is 7.18. The molecule has 2 saturated heterocycles. The minimum atomic E-state index is -0.107. The summed E-state index contributed by atoms with van der Waals surface area (Å²) in [4.78, 5) is 0.